The van der Waals surface area contributed by atoms with Crippen LogP contribution in [0.15, 0.2) is 12.2 Å². The lowest BCUT2D eigenvalue weighted by molar-refractivity contribution is -0.102. The van der Waals surface area contributed by atoms with Gasteiger partial charge in [0.15, 0.2) is 0 Å². The normalized spacial score (nSPS) is 35.3. The molecule has 1 aliphatic carbocycles. The molecule has 0 bridgehead atoms. The van der Waals surface area contributed by atoms with Crippen LogP contribution in [0.4, 0.5) is 0 Å². The van der Waals surface area contributed by atoms with Crippen molar-refractivity contribution in [2.75, 3.05) is 0 Å². The van der Waals surface area contributed by atoms with Gasteiger partial charge in [0, 0.05) is 0 Å². The quantitative estimate of drug-likeness (QED) is 0.683. The van der Waals surface area contributed by atoms with Gasteiger partial charge in [-0.25, -0.2) is 0 Å². The molecule has 82 valence electrons. The van der Waals surface area contributed by atoms with Crippen molar-refractivity contribution in [3.8, 4) is 0 Å². The van der Waals surface area contributed by atoms with Gasteiger partial charge in [-0.1, -0.05) is 12.5 Å². The molecule has 0 aromatic rings. The zero-order valence-corrected chi connectivity index (χ0v) is 9.29. The third kappa shape index (κ3) is 2.82. The van der Waals surface area contributed by atoms with Crippen molar-refractivity contribution in [3.63, 3.8) is 0 Å². The number of aliphatic hydroxyl groups is 2. The summed E-state index contributed by atoms with van der Waals surface area (Å²) in [5.41, 5.74) is 0.0791. The van der Waals surface area contributed by atoms with E-state index in [1.807, 2.05) is 6.92 Å². The topological polar surface area (TPSA) is 40.5 Å². The molecule has 0 spiro atoms. The SMILES string of the molecule is C=C(C)CC(O)C1(O)CCC(C)CC1. The molecule has 1 rings (SSSR count). The van der Waals surface area contributed by atoms with Crippen LogP contribution in [0.2, 0.25) is 0 Å². The highest BCUT2D eigenvalue weighted by molar-refractivity contribution is 4.99. The van der Waals surface area contributed by atoms with E-state index in [-0.39, 0.29) is 0 Å². The average molecular weight is 198 g/mol. The average Bonchev–Trinajstić information content (AvgIpc) is 2.09. The van der Waals surface area contributed by atoms with Crippen LogP contribution in [0.3, 0.4) is 0 Å². The van der Waals surface area contributed by atoms with E-state index in [1.54, 1.807) is 0 Å². The van der Waals surface area contributed by atoms with E-state index in [2.05, 4.69) is 13.5 Å². The summed E-state index contributed by atoms with van der Waals surface area (Å²) in [6.45, 7) is 7.85. The highest BCUT2D eigenvalue weighted by atomic mass is 16.3. The fourth-order valence-electron chi connectivity index (χ4n) is 2.12. The minimum absolute atomic E-state index is 0.519. The van der Waals surface area contributed by atoms with Gasteiger partial charge in [0.05, 0.1) is 11.7 Å². The third-order valence-corrected chi connectivity index (χ3v) is 3.30. The van der Waals surface area contributed by atoms with Crippen LogP contribution in [-0.2, 0) is 0 Å². The molecule has 2 nitrogen and oxygen atoms in total. The van der Waals surface area contributed by atoms with Gasteiger partial charge < -0.3 is 10.2 Å². The van der Waals surface area contributed by atoms with E-state index in [0.717, 1.165) is 31.3 Å². The van der Waals surface area contributed by atoms with Crippen LogP contribution < -0.4 is 0 Å². The van der Waals surface area contributed by atoms with Crippen LogP contribution in [0, 0.1) is 5.92 Å². The Hall–Kier alpha value is -0.340. The van der Waals surface area contributed by atoms with Gasteiger partial charge in [0.1, 0.15) is 0 Å². The Balaban J connectivity index is 2.52. The van der Waals surface area contributed by atoms with Crippen molar-refractivity contribution in [3.05, 3.63) is 12.2 Å². The van der Waals surface area contributed by atoms with Crippen LogP contribution in [0.25, 0.3) is 0 Å². The Bertz CT molecular complexity index is 202. The lowest BCUT2D eigenvalue weighted by Gasteiger charge is -2.38. The monoisotopic (exact) mass is 198 g/mol. The molecule has 0 aliphatic heterocycles. The predicted molar refractivity (Wildman–Crippen MR) is 58.0 cm³/mol. The van der Waals surface area contributed by atoms with Crippen LogP contribution >= 0.6 is 0 Å². The van der Waals surface area contributed by atoms with Crippen LogP contribution in [0.5, 0.6) is 0 Å². The Morgan fingerprint density at radius 1 is 1.50 bits per heavy atom. The first kappa shape index (κ1) is 11.7. The molecule has 14 heavy (non-hydrogen) atoms. The van der Waals surface area contributed by atoms with Gasteiger partial charge in [-0.3, -0.25) is 0 Å². The van der Waals surface area contributed by atoms with E-state index >= 15 is 0 Å². The maximum atomic E-state index is 10.2. The van der Waals surface area contributed by atoms with Gasteiger partial charge in [-0.2, -0.15) is 0 Å². The molecule has 0 radical (unpaired) electrons. The molecule has 0 aromatic carbocycles. The summed E-state index contributed by atoms with van der Waals surface area (Å²) in [7, 11) is 0. The minimum atomic E-state index is -0.856. The van der Waals surface area contributed by atoms with E-state index in [0.29, 0.717) is 12.3 Å². The summed E-state index contributed by atoms with van der Waals surface area (Å²) in [4.78, 5) is 0. The molecule has 1 fully saturated rings. The van der Waals surface area contributed by atoms with Crippen molar-refractivity contribution in [2.45, 2.75) is 57.7 Å². The second-order valence-corrected chi connectivity index (χ2v) is 4.96. The molecule has 2 N–H and O–H groups in total. The van der Waals surface area contributed by atoms with E-state index in [1.165, 1.54) is 0 Å². The summed E-state index contributed by atoms with van der Waals surface area (Å²) >= 11 is 0. The fourth-order valence-corrected chi connectivity index (χ4v) is 2.12. The first-order valence-electron chi connectivity index (χ1n) is 5.49. The fraction of sp³-hybridized carbons (Fsp3) is 0.833. The summed E-state index contributed by atoms with van der Waals surface area (Å²) in [5, 5.41) is 20.1. The highest BCUT2D eigenvalue weighted by Gasteiger charge is 2.38. The van der Waals surface area contributed by atoms with Crippen LogP contribution in [0.1, 0.15) is 46.0 Å². The Morgan fingerprint density at radius 3 is 2.43 bits per heavy atom. The number of rotatable bonds is 3. The highest BCUT2D eigenvalue weighted by Crippen LogP contribution is 2.35. The molecule has 0 aromatic heterocycles. The Morgan fingerprint density at radius 2 is 2.00 bits per heavy atom. The molecule has 0 saturated heterocycles. The molecule has 2 heteroatoms. The summed E-state index contributed by atoms with van der Waals surface area (Å²) in [6.07, 6.45) is 3.37. The van der Waals surface area contributed by atoms with Crippen LogP contribution in [-0.4, -0.2) is 21.9 Å². The van der Waals surface area contributed by atoms with Gasteiger partial charge in [-0.05, 0) is 44.9 Å². The van der Waals surface area contributed by atoms with E-state index in [9.17, 15) is 10.2 Å². The smallest absolute Gasteiger partial charge is 0.0908 e. The zero-order chi connectivity index (χ0) is 10.8. The molecule has 0 heterocycles. The second-order valence-electron chi connectivity index (χ2n) is 4.96. The first-order valence-corrected chi connectivity index (χ1v) is 5.49. The molecule has 1 aliphatic rings. The zero-order valence-electron chi connectivity index (χ0n) is 9.29. The molecule has 0 amide bonds. The van der Waals surface area contributed by atoms with E-state index < -0.39 is 11.7 Å². The summed E-state index contributed by atoms with van der Waals surface area (Å²) < 4.78 is 0. The Labute approximate surface area is 86.6 Å². The first-order chi connectivity index (χ1) is 6.44. The molecule has 1 unspecified atom stereocenters. The Kier molecular flexibility index (Phi) is 3.73. The number of aliphatic hydroxyl groups excluding tert-OH is 1. The number of hydrogen-bond donors (Lipinski definition) is 2. The lowest BCUT2D eigenvalue weighted by atomic mass is 9.75. The maximum absolute atomic E-state index is 10.2. The van der Waals surface area contributed by atoms with E-state index in [4.69, 9.17) is 0 Å². The van der Waals surface area contributed by atoms with Gasteiger partial charge >= 0.3 is 0 Å². The van der Waals surface area contributed by atoms with Crippen molar-refractivity contribution < 1.29 is 10.2 Å². The standard InChI is InChI=1S/C12H22O2/c1-9(2)8-11(13)12(14)6-4-10(3)5-7-12/h10-11,13-14H,1,4-8H2,2-3H3. The number of hydrogen-bond acceptors (Lipinski definition) is 2. The summed E-state index contributed by atoms with van der Waals surface area (Å²) in [5.74, 6) is 0.687. The van der Waals surface area contributed by atoms with Gasteiger partial charge in [0.2, 0.25) is 0 Å². The lowest BCUT2D eigenvalue weighted by Crippen LogP contribution is -2.45. The maximum Gasteiger partial charge on any atom is 0.0908 e. The molecule has 1 saturated carbocycles. The predicted octanol–water partition coefficient (Wildman–Crippen LogP) is 2.25. The third-order valence-electron chi connectivity index (χ3n) is 3.30. The molecule has 1 atom stereocenters. The molecular formula is C12H22O2. The minimum Gasteiger partial charge on any atom is -0.390 e. The van der Waals surface area contributed by atoms with Crippen molar-refractivity contribution in [1.29, 1.82) is 0 Å². The van der Waals surface area contributed by atoms with Crippen molar-refractivity contribution >= 4 is 0 Å². The largest absolute Gasteiger partial charge is 0.390 e. The van der Waals surface area contributed by atoms with Crippen molar-refractivity contribution in [1.82, 2.24) is 0 Å². The second kappa shape index (κ2) is 4.45. The van der Waals surface area contributed by atoms with Gasteiger partial charge in [0.25, 0.3) is 0 Å². The summed E-state index contributed by atoms with van der Waals surface area (Å²) in [6, 6.07) is 0. The van der Waals surface area contributed by atoms with Crippen molar-refractivity contribution in [2.24, 2.45) is 5.92 Å². The molecular weight excluding hydrogens is 176 g/mol. The van der Waals surface area contributed by atoms with Gasteiger partial charge in [-0.15, -0.1) is 6.58 Å².